The zero-order chi connectivity index (χ0) is 21.5. The Morgan fingerprint density at radius 3 is 2.74 bits per heavy atom. The number of halogens is 1. The van der Waals surface area contributed by atoms with Crippen LogP contribution in [0.2, 0.25) is 0 Å². The number of hydrogen-bond acceptors (Lipinski definition) is 6. The molecule has 0 atom stereocenters. The highest BCUT2D eigenvalue weighted by molar-refractivity contribution is 7.13. The molecule has 9 heteroatoms. The second-order valence-electron chi connectivity index (χ2n) is 7.06. The molecule has 5 rings (SSSR count). The van der Waals surface area contributed by atoms with Crippen LogP contribution in [0.5, 0.6) is 5.75 Å². The van der Waals surface area contributed by atoms with E-state index in [1.165, 1.54) is 34.6 Å². The number of aromatic nitrogens is 2. The van der Waals surface area contributed by atoms with Gasteiger partial charge in [0.1, 0.15) is 11.3 Å². The van der Waals surface area contributed by atoms with E-state index in [1.807, 2.05) is 0 Å². The summed E-state index contributed by atoms with van der Waals surface area (Å²) in [5, 5.41) is 16.2. The van der Waals surface area contributed by atoms with Crippen LogP contribution in [0.25, 0.3) is 10.9 Å². The molecular weight excluding hydrogens is 419 g/mol. The molecule has 0 unspecified atom stereocenters. The van der Waals surface area contributed by atoms with Gasteiger partial charge in [-0.2, -0.15) is 0 Å². The van der Waals surface area contributed by atoms with Crippen LogP contribution in [0.3, 0.4) is 0 Å². The van der Waals surface area contributed by atoms with Gasteiger partial charge in [-0.3, -0.25) is 19.9 Å². The van der Waals surface area contributed by atoms with Crippen molar-refractivity contribution in [2.45, 2.75) is 13.1 Å². The van der Waals surface area contributed by atoms with Gasteiger partial charge >= 0.3 is 0 Å². The minimum Gasteiger partial charge on any atom is -0.505 e. The number of hydrogen-bond donors (Lipinski definition) is 2. The Labute approximate surface area is 179 Å². The van der Waals surface area contributed by atoms with Gasteiger partial charge in [0.2, 0.25) is 0 Å². The number of thiazole rings is 1. The number of aromatic hydroxyl groups is 1. The fourth-order valence-corrected chi connectivity index (χ4v) is 4.32. The molecule has 154 valence electrons. The molecular formula is C22H15FN4O3S. The van der Waals surface area contributed by atoms with Crippen molar-refractivity contribution < 1.29 is 19.1 Å². The van der Waals surface area contributed by atoms with Crippen molar-refractivity contribution in [1.29, 1.82) is 0 Å². The maximum absolute atomic E-state index is 13.2. The number of nitrogens with zero attached hydrogens (tertiary/aromatic N) is 3. The van der Waals surface area contributed by atoms with E-state index in [9.17, 15) is 19.1 Å². The molecule has 2 aromatic carbocycles. The fraction of sp³-hybridized carbons (Fsp3) is 0.0909. The molecule has 31 heavy (non-hydrogen) atoms. The molecule has 0 radical (unpaired) electrons. The van der Waals surface area contributed by atoms with Gasteiger partial charge in [0.15, 0.2) is 10.9 Å². The molecule has 0 spiro atoms. The van der Waals surface area contributed by atoms with Crippen molar-refractivity contribution in [3.63, 3.8) is 0 Å². The fourth-order valence-electron chi connectivity index (χ4n) is 3.80. The third kappa shape index (κ3) is 3.28. The summed E-state index contributed by atoms with van der Waals surface area (Å²) in [5.74, 6) is -1.45. The van der Waals surface area contributed by atoms with Crippen LogP contribution in [0.15, 0.2) is 54.2 Å². The number of benzene rings is 2. The zero-order valence-electron chi connectivity index (χ0n) is 16.0. The van der Waals surface area contributed by atoms with Crippen molar-refractivity contribution in [3.05, 3.63) is 82.2 Å². The van der Waals surface area contributed by atoms with Crippen LogP contribution < -0.4 is 5.32 Å². The second kappa shape index (κ2) is 7.44. The minimum atomic E-state index is -0.430. The largest absolute Gasteiger partial charge is 0.505 e. The van der Waals surface area contributed by atoms with E-state index in [0.717, 1.165) is 5.56 Å². The van der Waals surface area contributed by atoms with Gasteiger partial charge in [-0.05, 0) is 23.8 Å². The van der Waals surface area contributed by atoms with Gasteiger partial charge < -0.3 is 10.0 Å². The molecule has 0 aliphatic carbocycles. The monoisotopic (exact) mass is 434 g/mol. The summed E-state index contributed by atoms with van der Waals surface area (Å²) < 4.78 is 13.2. The Kier molecular flexibility index (Phi) is 4.59. The number of pyridine rings is 1. The van der Waals surface area contributed by atoms with E-state index in [1.54, 1.807) is 35.8 Å². The maximum atomic E-state index is 13.2. The molecule has 3 heterocycles. The van der Waals surface area contributed by atoms with E-state index in [-0.39, 0.29) is 41.3 Å². The summed E-state index contributed by atoms with van der Waals surface area (Å²) in [6.07, 6.45) is 3.07. The Hall–Kier alpha value is -3.85. The predicted octanol–water partition coefficient (Wildman–Crippen LogP) is 3.94. The van der Waals surface area contributed by atoms with Crippen LogP contribution in [-0.2, 0) is 13.1 Å². The second-order valence-corrected chi connectivity index (χ2v) is 7.95. The summed E-state index contributed by atoms with van der Waals surface area (Å²) in [7, 11) is 0. The Morgan fingerprint density at radius 1 is 1.19 bits per heavy atom. The van der Waals surface area contributed by atoms with E-state index in [4.69, 9.17) is 0 Å². The number of nitrogens with one attached hydrogen (secondary N) is 1. The first-order valence-electron chi connectivity index (χ1n) is 9.40. The lowest BCUT2D eigenvalue weighted by Crippen LogP contribution is -2.23. The summed E-state index contributed by atoms with van der Waals surface area (Å²) in [4.78, 5) is 36.1. The average molecular weight is 434 g/mol. The van der Waals surface area contributed by atoms with Gasteiger partial charge in [-0.25, -0.2) is 9.37 Å². The molecule has 0 bridgehead atoms. The highest BCUT2D eigenvalue weighted by Gasteiger charge is 2.36. The van der Waals surface area contributed by atoms with E-state index in [0.29, 0.717) is 16.1 Å². The third-order valence-electron chi connectivity index (χ3n) is 5.16. The van der Waals surface area contributed by atoms with Gasteiger partial charge in [0, 0.05) is 41.8 Å². The molecule has 2 aromatic heterocycles. The number of phenols is 1. The lowest BCUT2D eigenvalue weighted by Gasteiger charge is -2.15. The number of rotatable bonds is 4. The number of fused-ring (bicyclic) bond motifs is 2. The Balaban J connectivity index is 1.60. The molecule has 0 saturated heterocycles. The standard InChI is InChI=1S/C22H15FN4O3S/c23-13-5-3-12(4-6-13)10-27-11-15-16(20(29)26-22-25-8-9-31-22)14-2-1-7-24-18(14)19(28)17(15)21(27)30/h1-9,28H,10-11H2,(H,25,26,29). The first kappa shape index (κ1) is 19.1. The van der Waals surface area contributed by atoms with E-state index < -0.39 is 11.8 Å². The summed E-state index contributed by atoms with van der Waals surface area (Å²) >= 11 is 1.28. The predicted molar refractivity (Wildman–Crippen MR) is 113 cm³/mol. The zero-order valence-corrected chi connectivity index (χ0v) is 16.8. The molecule has 4 aromatic rings. The van der Waals surface area contributed by atoms with Crippen LogP contribution in [0.1, 0.15) is 31.8 Å². The third-order valence-corrected chi connectivity index (χ3v) is 5.85. The van der Waals surface area contributed by atoms with Crippen LogP contribution in [0, 0.1) is 5.82 Å². The van der Waals surface area contributed by atoms with E-state index >= 15 is 0 Å². The van der Waals surface area contributed by atoms with Crippen LogP contribution in [-0.4, -0.2) is 31.8 Å². The quantitative estimate of drug-likeness (QED) is 0.507. The van der Waals surface area contributed by atoms with Gasteiger partial charge in [-0.15, -0.1) is 11.3 Å². The summed E-state index contributed by atoms with van der Waals surface area (Å²) in [5.41, 5.74) is 1.69. The van der Waals surface area contributed by atoms with Crippen molar-refractivity contribution in [3.8, 4) is 5.75 Å². The highest BCUT2D eigenvalue weighted by atomic mass is 32.1. The van der Waals surface area contributed by atoms with Gasteiger partial charge in [-0.1, -0.05) is 18.2 Å². The van der Waals surface area contributed by atoms with Crippen molar-refractivity contribution in [2.75, 3.05) is 5.32 Å². The lowest BCUT2D eigenvalue weighted by molar-refractivity contribution is 0.0764. The molecule has 0 saturated carbocycles. The van der Waals surface area contributed by atoms with Crippen LogP contribution in [0.4, 0.5) is 9.52 Å². The smallest absolute Gasteiger partial charge is 0.258 e. The number of phenolic OH excluding ortho intramolecular Hbond substituents is 1. The molecule has 0 fully saturated rings. The van der Waals surface area contributed by atoms with Crippen molar-refractivity contribution >= 4 is 39.2 Å². The Morgan fingerprint density at radius 2 is 2.00 bits per heavy atom. The maximum Gasteiger partial charge on any atom is 0.258 e. The van der Waals surface area contributed by atoms with Crippen molar-refractivity contribution in [2.24, 2.45) is 0 Å². The Bertz CT molecular complexity index is 1320. The van der Waals surface area contributed by atoms with Gasteiger partial charge in [0.05, 0.1) is 11.1 Å². The number of carbonyl (C=O) groups excluding carboxylic acids is 2. The molecule has 7 nitrogen and oxygen atoms in total. The summed E-state index contributed by atoms with van der Waals surface area (Å²) in [6, 6.07) is 9.20. The topological polar surface area (TPSA) is 95.4 Å². The average Bonchev–Trinajstić information content (AvgIpc) is 3.38. The highest BCUT2D eigenvalue weighted by Crippen LogP contribution is 2.40. The SMILES string of the molecule is O=C(Nc1nccs1)c1c2c(c(O)c3ncccc13)C(=O)N(Cc1ccc(F)cc1)C2. The molecule has 2 amide bonds. The molecule has 1 aliphatic heterocycles. The minimum absolute atomic E-state index is 0.0672. The molecule has 2 N–H and O–H groups in total. The normalized spacial score (nSPS) is 12.9. The first-order valence-corrected chi connectivity index (χ1v) is 10.3. The number of carbonyl (C=O) groups is 2. The number of amides is 2. The van der Waals surface area contributed by atoms with Crippen LogP contribution >= 0.6 is 11.3 Å². The molecule has 1 aliphatic rings. The summed E-state index contributed by atoms with van der Waals surface area (Å²) in [6.45, 7) is 0.342. The van der Waals surface area contributed by atoms with E-state index in [2.05, 4.69) is 15.3 Å². The van der Waals surface area contributed by atoms with Crippen molar-refractivity contribution in [1.82, 2.24) is 14.9 Å². The van der Waals surface area contributed by atoms with Gasteiger partial charge in [0.25, 0.3) is 11.8 Å². The first-order chi connectivity index (χ1) is 15.0. The lowest BCUT2D eigenvalue weighted by atomic mass is 9.96. The number of anilines is 1.